The second-order valence-electron chi connectivity index (χ2n) is 8.45. The molecule has 1 aliphatic heterocycles. The van der Waals surface area contributed by atoms with Gasteiger partial charge in [-0.25, -0.2) is 0 Å². The molecule has 2 aromatic carbocycles. The van der Waals surface area contributed by atoms with E-state index in [2.05, 4.69) is 68.1 Å². The molecule has 1 N–H and O–H groups in total. The standard InChI is InChI=1S/C26H26N6/c1-18-5-9-21(10-6-18)25-23(20-11-7-19(15-27)8-12-20)14-24-26(30-29-17-32(24)25)31-13-3-4-22(16-31)28-2/h5-12,14,17,22,28H,3-4,13,16H2,1-2H3. The highest BCUT2D eigenvalue weighted by atomic mass is 15.3. The SMILES string of the molecule is CNC1CCCN(c2nncn3c(-c4ccc(C)cc4)c(-c4ccc(C#N)cc4)cc23)C1. The third-order valence-corrected chi connectivity index (χ3v) is 6.36. The summed E-state index contributed by atoms with van der Waals surface area (Å²) in [4.78, 5) is 2.34. The third-order valence-electron chi connectivity index (χ3n) is 6.36. The Labute approximate surface area is 188 Å². The van der Waals surface area contributed by atoms with Crippen LogP contribution in [0.3, 0.4) is 0 Å². The zero-order valence-corrected chi connectivity index (χ0v) is 18.4. The summed E-state index contributed by atoms with van der Waals surface area (Å²) < 4.78 is 2.16. The lowest BCUT2D eigenvalue weighted by atomic mass is 10.00. The highest BCUT2D eigenvalue weighted by molar-refractivity contribution is 5.90. The first-order valence-corrected chi connectivity index (χ1v) is 11.0. The van der Waals surface area contributed by atoms with Gasteiger partial charge in [-0.3, -0.25) is 4.40 Å². The summed E-state index contributed by atoms with van der Waals surface area (Å²) in [6.07, 6.45) is 4.11. The molecule has 0 spiro atoms. The van der Waals surface area contributed by atoms with Crippen LogP contribution in [0.2, 0.25) is 0 Å². The van der Waals surface area contributed by atoms with Crippen LogP contribution in [0.5, 0.6) is 0 Å². The first-order chi connectivity index (χ1) is 15.7. The molecule has 6 heteroatoms. The van der Waals surface area contributed by atoms with E-state index in [9.17, 15) is 5.26 Å². The molecule has 160 valence electrons. The van der Waals surface area contributed by atoms with Gasteiger partial charge >= 0.3 is 0 Å². The number of nitriles is 1. The molecule has 1 fully saturated rings. The average molecular weight is 423 g/mol. The summed E-state index contributed by atoms with van der Waals surface area (Å²) in [7, 11) is 2.02. The third kappa shape index (κ3) is 3.61. The Morgan fingerprint density at radius 2 is 1.81 bits per heavy atom. The number of nitrogens with one attached hydrogen (secondary N) is 1. The van der Waals surface area contributed by atoms with Crippen LogP contribution in [0, 0.1) is 18.3 Å². The molecule has 1 aliphatic rings. The summed E-state index contributed by atoms with van der Waals surface area (Å²) in [6.45, 7) is 3.99. The number of piperidine rings is 1. The van der Waals surface area contributed by atoms with E-state index in [4.69, 9.17) is 0 Å². The number of hydrogen-bond acceptors (Lipinski definition) is 5. The van der Waals surface area contributed by atoms with E-state index in [-0.39, 0.29) is 0 Å². The van der Waals surface area contributed by atoms with Gasteiger partial charge in [0.25, 0.3) is 0 Å². The molecule has 6 nitrogen and oxygen atoms in total. The van der Waals surface area contributed by atoms with Crippen molar-refractivity contribution in [2.75, 3.05) is 25.0 Å². The van der Waals surface area contributed by atoms with Gasteiger partial charge in [0.15, 0.2) is 5.82 Å². The van der Waals surface area contributed by atoms with E-state index in [1.54, 1.807) is 6.33 Å². The minimum absolute atomic E-state index is 0.454. The molecule has 1 atom stereocenters. The highest BCUT2D eigenvalue weighted by Crippen LogP contribution is 2.38. The topological polar surface area (TPSA) is 69.2 Å². The number of hydrogen-bond donors (Lipinski definition) is 1. The van der Waals surface area contributed by atoms with E-state index in [0.717, 1.165) is 53.2 Å². The average Bonchev–Trinajstić information content (AvgIpc) is 3.24. The largest absolute Gasteiger partial charge is 0.352 e. The van der Waals surface area contributed by atoms with Crippen LogP contribution in [0.1, 0.15) is 24.0 Å². The van der Waals surface area contributed by atoms with E-state index >= 15 is 0 Å². The molecule has 0 saturated carbocycles. The molecular weight excluding hydrogens is 396 g/mol. The fraction of sp³-hybridized carbons (Fsp3) is 0.269. The number of nitrogens with zero attached hydrogens (tertiary/aromatic N) is 5. The Hall–Kier alpha value is -3.69. The number of fused-ring (bicyclic) bond motifs is 1. The number of aryl methyl sites for hydroxylation is 1. The van der Waals surface area contributed by atoms with Crippen LogP contribution >= 0.6 is 0 Å². The summed E-state index contributed by atoms with van der Waals surface area (Å²) in [5.41, 5.74) is 7.32. The molecule has 4 aromatic rings. The van der Waals surface area contributed by atoms with Crippen LogP contribution in [-0.2, 0) is 0 Å². The second kappa shape index (κ2) is 8.45. The van der Waals surface area contributed by atoms with Crippen molar-refractivity contribution in [2.45, 2.75) is 25.8 Å². The minimum atomic E-state index is 0.454. The predicted molar refractivity (Wildman–Crippen MR) is 128 cm³/mol. The minimum Gasteiger partial charge on any atom is -0.352 e. The summed E-state index contributed by atoms with van der Waals surface area (Å²) in [5.74, 6) is 0.917. The monoisotopic (exact) mass is 422 g/mol. The van der Waals surface area contributed by atoms with E-state index in [1.165, 1.54) is 12.0 Å². The molecule has 0 amide bonds. The molecule has 5 rings (SSSR count). The molecule has 0 bridgehead atoms. The molecule has 2 aromatic heterocycles. The van der Waals surface area contributed by atoms with Gasteiger partial charge in [-0.15, -0.1) is 10.2 Å². The van der Waals surface area contributed by atoms with Crippen molar-refractivity contribution in [2.24, 2.45) is 0 Å². The summed E-state index contributed by atoms with van der Waals surface area (Å²) >= 11 is 0. The van der Waals surface area contributed by atoms with Crippen molar-refractivity contribution in [1.82, 2.24) is 19.9 Å². The van der Waals surface area contributed by atoms with Crippen molar-refractivity contribution in [1.29, 1.82) is 5.26 Å². The number of benzene rings is 2. The Morgan fingerprint density at radius 1 is 1.06 bits per heavy atom. The second-order valence-corrected chi connectivity index (χ2v) is 8.45. The van der Waals surface area contributed by atoms with Crippen molar-refractivity contribution in [3.8, 4) is 28.5 Å². The van der Waals surface area contributed by atoms with Gasteiger partial charge in [0.2, 0.25) is 0 Å². The molecular formula is C26H26N6. The van der Waals surface area contributed by atoms with Gasteiger partial charge in [-0.1, -0.05) is 42.0 Å². The molecule has 0 radical (unpaired) electrons. The lowest BCUT2D eigenvalue weighted by Gasteiger charge is -2.33. The van der Waals surface area contributed by atoms with E-state index < -0.39 is 0 Å². The Balaban J connectivity index is 1.71. The molecule has 1 saturated heterocycles. The van der Waals surface area contributed by atoms with Crippen LogP contribution in [0.15, 0.2) is 60.9 Å². The Kier molecular flexibility index (Phi) is 5.34. The maximum Gasteiger partial charge on any atom is 0.175 e. The highest BCUT2D eigenvalue weighted by Gasteiger charge is 2.24. The van der Waals surface area contributed by atoms with E-state index in [0.29, 0.717) is 11.6 Å². The van der Waals surface area contributed by atoms with Crippen LogP contribution in [-0.4, -0.2) is 40.8 Å². The Bertz CT molecular complexity index is 1280. The summed E-state index contributed by atoms with van der Waals surface area (Å²) in [6, 6.07) is 21.2. The lowest BCUT2D eigenvalue weighted by molar-refractivity contribution is 0.447. The smallest absolute Gasteiger partial charge is 0.175 e. The normalized spacial score (nSPS) is 16.3. The fourth-order valence-corrected chi connectivity index (χ4v) is 4.58. The number of aromatic nitrogens is 3. The van der Waals surface area contributed by atoms with Crippen LogP contribution in [0.25, 0.3) is 27.9 Å². The first-order valence-electron chi connectivity index (χ1n) is 11.0. The molecule has 0 aliphatic carbocycles. The lowest BCUT2D eigenvalue weighted by Crippen LogP contribution is -2.45. The number of rotatable bonds is 4. The zero-order chi connectivity index (χ0) is 22.1. The van der Waals surface area contributed by atoms with Crippen molar-refractivity contribution >= 4 is 11.3 Å². The van der Waals surface area contributed by atoms with Crippen LogP contribution in [0.4, 0.5) is 5.82 Å². The fourth-order valence-electron chi connectivity index (χ4n) is 4.58. The van der Waals surface area contributed by atoms with Gasteiger partial charge in [0.1, 0.15) is 6.33 Å². The quantitative estimate of drug-likeness (QED) is 0.527. The van der Waals surface area contributed by atoms with Gasteiger partial charge in [0, 0.05) is 24.7 Å². The maximum absolute atomic E-state index is 9.21. The Morgan fingerprint density at radius 3 is 2.53 bits per heavy atom. The maximum atomic E-state index is 9.21. The zero-order valence-electron chi connectivity index (χ0n) is 18.4. The number of anilines is 1. The summed E-state index contributed by atoms with van der Waals surface area (Å²) in [5, 5.41) is 21.6. The van der Waals surface area contributed by atoms with Gasteiger partial charge in [0.05, 0.1) is 22.8 Å². The van der Waals surface area contributed by atoms with Crippen molar-refractivity contribution in [3.63, 3.8) is 0 Å². The van der Waals surface area contributed by atoms with Gasteiger partial charge in [-0.2, -0.15) is 5.26 Å². The number of likely N-dealkylation sites (N-methyl/N-ethyl adjacent to an activating group) is 1. The van der Waals surface area contributed by atoms with Crippen LogP contribution < -0.4 is 10.2 Å². The van der Waals surface area contributed by atoms with Gasteiger partial charge in [-0.05, 0) is 56.1 Å². The first kappa shape index (κ1) is 20.2. The van der Waals surface area contributed by atoms with Crippen molar-refractivity contribution < 1.29 is 0 Å². The predicted octanol–water partition coefficient (Wildman–Crippen LogP) is 4.43. The van der Waals surface area contributed by atoms with Crippen molar-refractivity contribution in [3.05, 3.63) is 72.1 Å². The van der Waals surface area contributed by atoms with Gasteiger partial charge < -0.3 is 10.2 Å². The molecule has 1 unspecified atom stereocenters. The molecule has 32 heavy (non-hydrogen) atoms. The van der Waals surface area contributed by atoms with E-state index in [1.807, 2.05) is 31.3 Å². The molecule has 3 heterocycles.